The van der Waals surface area contributed by atoms with Gasteiger partial charge in [0.05, 0.1) is 6.61 Å². The molecule has 3 nitrogen and oxygen atoms in total. The molecular weight excluding hydrogens is 260 g/mol. The number of nitrogens with one attached hydrogen (secondary N) is 1. The van der Waals surface area contributed by atoms with E-state index in [1.54, 1.807) is 7.11 Å². The van der Waals surface area contributed by atoms with Crippen LogP contribution in [0.1, 0.15) is 52.4 Å². The summed E-state index contributed by atoms with van der Waals surface area (Å²) in [5.74, 6) is 1.85. The van der Waals surface area contributed by atoms with Crippen molar-refractivity contribution in [2.45, 2.75) is 58.4 Å². The molecule has 124 valence electrons. The first-order valence-electron chi connectivity index (χ1n) is 8.96. The maximum Gasteiger partial charge on any atom is 0.0587 e. The zero-order valence-corrected chi connectivity index (χ0v) is 14.7. The standard InChI is InChI=1S/C18H36N2O/c1-15-6-5-9-18(12-15,13-19-10-11-21-4)14-20(3)16(2)17-7-8-17/h15-17,19H,5-14H2,1-4H3. The van der Waals surface area contributed by atoms with Gasteiger partial charge in [-0.1, -0.05) is 19.8 Å². The van der Waals surface area contributed by atoms with Crippen LogP contribution < -0.4 is 5.32 Å². The molecular formula is C18H36N2O. The average Bonchev–Trinajstić information content (AvgIpc) is 3.27. The summed E-state index contributed by atoms with van der Waals surface area (Å²) in [5, 5.41) is 3.65. The van der Waals surface area contributed by atoms with Crippen molar-refractivity contribution in [3.63, 3.8) is 0 Å². The van der Waals surface area contributed by atoms with E-state index < -0.39 is 0 Å². The lowest BCUT2D eigenvalue weighted by Gasteiger charge is -2.44. The molecule has 2 saturated carbocycles. The highest BCUT2D eigenvalue weighted by molar-refractivity contribution is 4.92. The third-order valence-corrected chi connectivity index (χ3v) is 5.75. The zero-order chi connectivity index (χ0) is 15.3. The van der Waals surface area contributed by atoms with Crippen molar-refractivity contribution in [3.8, 4) is 0 Å². The summed E-state index contributed by atoms with van der Waals surface area (Å²) in [7, 11) is 4.13. The van der Waals surface area contributed by atoms with Crippen LogP contribution in [0.25, 0.3) is 0 Å². The van der Waals surface area contributed by atoms with Gasteiger partial charge in [-0.15, -0.1) is 0 Å². The van der Waals surface area contributed by atoms with Crippen molar-refractivity contribution in [2.75, 3.05) is 40.4 Å². The van der Waals surface area contributed by atoms with Gasteiger partial charge >= 0.3 is 0 Å². The summed E-state index contributed by atoms with van der Waals surface area (Å²) in [6.07, 6.45) is 8.48. The van der Waals surface area contributed by atoms with Crippen molar-refractivity contribution < 1.29 is 4.74 Å². The van der Waals surface area contributed by atoms with Crippen LogP contribution in [0.4, 0.5) is 0 Å². The molecule has 0 saturated heterocycles. The SMILES string of the molecule is COCCNCC1(CN(C)C(C)C2CC2)CCCC(C)C1. The van der Waals surface area contributed by atoms with E-state index in [-0.39, 0.29) is 0 Å². The monoisotopic (exact) mass is 296 g/mol. The summed E-state index contributed by atoms with van der Waals surface area (Å²) in [5.41, 5.74) is 0.476. The molecule has 0 spiro atoms. The highest BCUT2D eigenvalue weighted by atomic mass is 16.5. The van der Waals surface area contributed by atoms with Crippen LogP contribution in [-0.4, -0.2) is 51.3 Å². The third kappa shape index (κ3) is 5.22. The molecule has 0 bridgehead atoms. The first-order chi connectivity index (χ1) is 10.1. The summed E-state index contributed by atoms with van der Waals surface area (Å²) in [4.78, 5) is 2.65. The van der Waals surface area contributed by atoms with E-state index in [4.69, 9.17) is 4.74 Å². The van der Waals surface area contributed by atoms with Crippen molar-refractivity contribution >= 4 is 0 Å². The number of methoxy groups -OCH3 is 1. The van der Waals surface area contributed by atoms with Crippen LogP contribution in [0.15, 0.2) is 0 Å². The molecule has 0 aromatic heterocycles. The number of nitrogens with zero attached hydrogens (tertiary/aromatic N) is 1. The summed E-state index contributed by atoms with van der Waals surface area (Å²) < 4.78 is 5.17. The molecule has 2 aliphatic rings. The fraction of sp³-hybridized carbons (Fsp3) is 1.00. The van der Waals surface area contributed by atoms with Crippen LogP contribution in [0.5, 0.6) is 0 Å². The van der Waals surface area contributed by atoms with Crippen LogP contribution >= 0.6 is 0 Å². The molecule has 3 heteroatoms. The lowest BCUT2D eigenvalue weighted by atomic mass is 9.69. The van der Waals surface area contributed by atoms with Crippen LogP contribution in [0.2, 0.25) is 0 Å². The molecule has 3 unspecified atom stereocenters. The van der Waals surface area contributed by atoms with Gasteiger partial charge in [0.2, 0.25) is 0 Å². The Morgan fingerprint density at radius 2 is 2.10 bits per heavy atom. The van der Waals surface area contributed by atoms with E-state index in [1.165, 1.54) is 45.1 Å². The Labute approximate surface area is 131 Å². The molecule has 0 heterocycles. The summed E-state index contributed by atoms with van der Waals surface area (Å²) in [6, 6.07) is 0.762. The lowest BCUT2D eigenvalue weighted by molar-refractivity contribution is 0.0693. The Kier molecular flexibility index (Phi) is 6.51. The second kappa shape index (κ2) is 7.94. The Balaban J connectivity index is 1.90. The van der Waals surface area contributed by atoms with E-state index in [0.717, 1.165) is 37.6 Å². The molecule has 0 aromatic carbocycles. The predicted octanol–water partition coefficient (Wildman–Crippen LogP) is 3.15. The van der Waals surface area contributed by atoms with Crippen LogP contribution in [0, 0.1) is 17.3 Å². The molecule has 0 aliphatic heterocycles. The van der Waals surface area contributed by atoms with Gasteiger partial charge in [0, 0.05) is 32.8 Å². The minimum atomic E-state index is 0.476. The van der Waals surface area contributed by atoms with Gasteiger partial charge in [-0.25, -0.2) is 0 Å². The fourth-order valence-electron chi connectivity index (χ4n) is 4.27. The Hall–Kier alpha value is -0.120. The summed E-state index contributed by atoms with van der Waals surface area (Å²) >= 11 is 0. The minimum absolute atomic E-state index is 0.476. The highest BCUT2D eigenvalue weighted by Gasteiger charge is 2.38. The van der Waals surface area contributed by atoms with Gasteiger partial charge in [0.25, 0.3) is 0 Å². The first kappa shape index (κ1) is 17.2. The minimum Gasteiger partial charge on any atom is -0.383 e. The molecule has 2 fully saturated rings. The second-order valence-electron chi connectivity index (χ2n) is 7.86. The van der Waals surface area contributed by atoms with Crippen molar-refractivity contribution in [2.24, 2.45) is 17.3 Å². The van der Waals surface area contributed by atoms with Gasteiger partial charge in [0.15, 0.2) is 0 Å². The molecule has 1 N–H and O–H groups in total. The topological polar surface area (TPSA) is 24.5 Å². The Morgan fingerprint density at radius 3 is 2.71 bits per heavy atom. The predicted molar refractivity (Wildman–Crippen MR) is 89.6 cm³/mol. The molecule has 21 heavy (non-hydrogen) atoms. The average molecular weight is 296 g/mol. The van der Waals surface area contributed by atoms with E-state index in [1.807, 2.05) is 0 Å². The largest absolute Gasteiger partial charge is 0.383 e. The maximum atomic E-state index is 5.17. The van der Waals surface area contributed by atoms with E-state index in [2.05, 4.69) is 31.1 Å². The van der Waals surface area contributed by atoms with E-state index >= 15 is 0 Å². The van der Waals surface area contributed by atoms with Gasteiger partial charge in [0.1, 0.15) is 0 Å². The molecule has 2 rings (SSSR count). The second-order valence-corrected chi connectivity index (χ2v) is 7.86. The van der Waals surface area contributed by atoms with Crippen molar-refractivity contribution in [1.82, 2.24) is 10.2 Å². The zero-order valence-electron chi connectivity index (χ0n) is 14.7. The molecule has 3 atom stereocenters. The first-order valence-corrected chi connectivity index (χ1v) is 8.96. The van der Waals surface area contributed by atoms with Gasteiger partial charge in [-0.3, -0.25) is 0 Å². The fourth-order valence-corrected chi connectivity index (χ4v) is 4.27. The van der Waals surface area contributed by atoms with Crippen molar-refractivity contribution in [3.05, 3.63) is 0 Å². The van der Waals surface area contributed by atoms with E-state index in [0.29, 0.717) is 5.41 Å². The van der Waals surface area contributed by atoms with Crippen molar-refractivity contribution in [1.29, 1.82) is 0 Å². The van der Waals surface area contributed by atoms with Gasteiger partial charge < -0.3 is 15.0 Å². The lowest BCUT2D eigenvalue weighted by Crippen LogP contribution is -2.48. The molecule has 0 amide bonds. The molecule has 0 radical (unpaired) electrons. The Morgan fingerprint density at radius 1 is 1.33 bits per heavy atom. The van der Waals surface area contributed by atoms with E-state index in [9.17, 15) is 0 Å². The number of rotatable bonds is 9. The van der Waals surface area contributed by atoms with Crippen LogP contribution in [-0.2, 0) is 4.74 Å². The van der Waals surface area contributed by atoms with Gasteiger partial charge in [-0.2, -0.15) is 0 Å². The van der Waals surface area contributed by atoms with Crippen LogP contribution in [0.3, 0.4) is 0 Å². The maximum absolute atomic E-state index is 5.17. The molecule has 0 aromatic rings. The smallest absolute Gasteiger partial charge is 0.0587 e. The third-order valence-electron chi connectivity index (χ3n) is 5.75. The highest BCUT2D eigenvalue weighted by Crippen LogP contribution is 2.41. The number of ether oxygens (including phenoxy) is 1. The normalized spacial score (nSPS) is 31.6. The Bertz CT molecular complexity index is 306. The number of hydrogen-bond acceptors (Lipinski definition) is 3. The number of hydrogen-bond donors (Lipinski definition) is 1. The van der Waals surface area contributed by atoms with Gasteiger partial charge in [-0.05, 0) is 56.9 Å². The summed E-state index contributed by atoms with van der Waals surface area (Å²) in [6.45, 7) is 9.08. The molecule has 2 aliphatic carbocycles. The quantitative estimate of drug-likeness (QED) is 0.662.